The molecule has 26 heavy (non-hydrogen) atoms. The second-order valence-corrected chi connectivity index (χ2v) is 6.37. The smallest absolute Gasteiger partial charge is 0.338 e. The van der Waals surface area contributed by atoms with Crippen LogP contribution in [-0.2, 0) is 17.5 Å². The molecule has 1 fully saturated rings. The Morgan fingerprint density at radius 3 is 2.85 bits per heavy atom. The van der Waals surface area contributed by atoms with Gasteiger partial charge in [0.25, 0.3) is 0 Å². The van der Waals surface area contributed by atoms with Crippen LogP contribution in [0.25, 0.3) is 11.4 Å². The highest BCUT2D eigenvalue weighted by atomic mass is 19.4. The Morgan fingerprint density at radius 2 is 2.12 bits per heavy atom. The molecule has 1 saturated heterocycles. The van der Waals surface area contributed by atoms with Crippen molar-refractivity contribution in [2.45, 2.75) is 51.4 Å². The van der Waals surface area contributed by atoms with E-state index in [4.69, 9.17) is 0 Å². The third kappa shape index (κ3) is 4.03. The molecule has 1 atom stereocenters. The van der Waals surface area contributed by atoms with E-state index in [0.717, 1.165) is 42.6 Å². The van der Waals surface area contributed by atoms with Crippen molar-refractivity contribution >= 4 is 5.91 Å². The number of rotatable bonds is 4. The summed E-state index contributed by atoms with van der Waals surface area (Å²) in [6, 6.07) is 4.96. The number of carbonyl (C=O) groups is 1. The zero-order valence-corrected chi connectivity index (χ0v) is 14.4. The highest BCUT2D eigenvalue weighted by Gasteiger charge is 2.31. The van der Waals surface area contributed by atoms with Gasteiger partial charge in [-0.2, -0.15) is 18.0 Å². The Bertz CT molecular complexity index is 774. The van der Waals surface area contributed by atoms with Gasteiger partial charge < -0.3 is 4.90 Å². The molecule has 9 heteroatoms. The first-order valence-corrected chi connectivity index (χ1v) is 8.63. The first kappa shape index (κ1) is 18.3. The van der Waals surface area contributed by atoms with Crippen molar-refractivity contribution in [3.8, 4) is 11.4 Å². The molecular weight excluding hydrogens is 347 g/mol. The Morgan fingerprint density at radius 1 is 1.31 bits per heavy atom. The Hall–Kier alpha value is -2.45. The minimum absolute atomic E-state index is 0.0644. The number of aromatic nitrogens is 4. The second kappa shape index (κ2) is 7.43. The molecule has 2 aromatic rings. The van der Waals surface area contributed by atoms with Crippen molar-refractivity contribution in [2.75, 3.05) is 6.54 Å². The quantitative estimate of drug-likeness (QED) is 0.833. The highest BCUT2D eigenvalue weighted by Crippen LogP contribution is 2.31. The van der Waals surface area contributed by atoms with Crippen molar-refractivity contribution in [3.05, 3.63) is 29.8 Å². The van der Waals surface area contributed by atoms with Gasteiger partial charge in [0.05, 0.1) is 5.56 Å². The SMILES string of the molecule is CC[C@@H]1CCCCN1C(=O)Cn1nnc(-c2cccc(C(F)(F)F)c2)n1. The van der Waals surface area contributed by atoms with Gasteiger partial charge in [0.2, 0.25) is 11.7 Å². The molecule has 0 radical (unpaired) electrons. The topological polar surface area (TPSA) is 63.9 Å². The van der Waals surface area contributed by atoms with E-state index in [1.807, 2.05) is 4.90 Å². The third-order valence-electron chi connectivity index (χ3n) is 4.60. The molecule has 6 nitrogen and oxygen atoms in total. The van der Waals surface area contributed by atoms with Gasteiger partial charge in [-0.15, -0.1) is 10.2 Å². The van der Waals surface area contributed by atoms with E-state index < -0.39 is 11.7 Å². The summed E-state index contributed by atoms with van der Waals surface area (Å²) in [5.41, 5.74) is -0.565. The number of amides is 1. The summed E-state index contributed by atoms with van der Waals surface area (Å²) >= 11 is 0. The van der Waals surface area contributed by atoms with E-state index in [-0.39, 0.29) is 29.9 Å². The van der Waals surface area contributed by atoms with Crippen molar-refractivity contribution in [1.29, 1.82) is 0 Å². The molecule has 140 valence electrons. The number of halogens is 3. The average Bonchev–Trinajstić information content (AvgIpc) is 3.09. The number of tetrazole rings is 1. The molecule has 0 spiro atoms. The van der Waals surface area contributed by atoms with Crippen LogP contribution in [0.15, 0.2) is 24.3 Å². The molecule has 1 aromatic carbocycles. The number of likely N-dealkylation sites (tertiary alicyclic amines) is 1. The van der Waals surface area contributed by atoms with Crippen molar-refractivity contribution < 1.29 is 18.0 Å². The third-order valence-corrected chi connectivity index (χ3v) is 4.60. The van der Waals surface area contributed by atoms with Crippen LogP contribution in [-0.4, -0.2) is 43.6 Å². The predicted molar refractivity (Wildman–Crippen MR) is 87.9 cm³/mol. The molecule has 0 bridgehead atoms. The lowest BCUT2D eigenvalue weighted by atomic mass is 10.00. The molecule has 0 saturated carbocycles. The van der Waals surface area contributed by atoms with Crippen LogP contribution in [0.2, 0.25) is 0 Å². The molecule has 0 aliphatic carbocycles. The Balaban J connectivity index is 1.73. The number of nitrogens with zero attached hydrogens (tertiary/aromatic N) is 5. The molecular formula is C17H20F3N5O. The fourth-order valence-corrected chi connectivity index (χ4v) is 3.23. The summed E-state index contributed by atoms with van der Waals surface area (Å²) in [7, 11) is 0. The molecule has 1 aliphatic heterocycles. The molecule has 1 aromatic heterocycles. The lowest BCUT2D eigenvalue weighted by molar-refractivity contribution is -0.137. The molecule has 2 heterocycles. The lowest BCUT2D eigenvalue weighted by Gasteiger charge is -2.35. The zero-order chi connectivity index (χ0) is 18.7. The van der Waals surface area contributed by atoms with Gasteiger partial charge in [-0.25, -0.2) is 0 Å². The number of piperidine rings is 1. The van der Waals surface area contributed by atoms with Crippen LogP contribution in [0.1, 0.15) is 38.2 Å². The van der Waals surface area contributed by atoms with Crippen LogP contribution >= 0.6 is 0 Å². The van der Waals surface area contributed by atoms with E-state index in [1.165, 1.54) is 12.1 Å². The van der Waals surface area contributed by atoms with Gasteiger partial charge in [0.1, 0.15) is 6.54 Å². The maximum absolute atomic E-state index is 12.8. The zero-order valence-electron chi connectivity index (χ0n) is 14.4. The summed E-state index contributed by atoms with van der Waals surface area (Å²) in [6.07, 6.45) is -0.466. The summed E-state index contributed by atoms with van der Waals surface area (Å²) in [5.74, 6) is -0.0286. The minimum Gasteiger partial charge on any atom is -0.338 e. The maximum atomic E-state index is 12.8. The first-order chi connectivity index (χ1) is 12.4. The molecule has 0 N–H and O–H groups in total. The minimum atomic E-state index is -4.44. The van der Waals surface area contributed by atoms with E-state index in [9.17, 15) is 18.0 Å². The van der Waals surface area contributed by atoms with Gasteiger partial charge in [0.15, 0.2) is 0 Å². The standard InChI is InChI=1S/C17H20F3N5O/c1-2-14-8-3-4-9-24(14)15(26)11-25-22-16(21-23-25)12-6-5-7-13(10-12)17(18,19)20/h5-7,10,14H,2-4,8-9,11H2,1H3/t14-/m1/s1. The fourth-order valence-electron chi connectivity index (χ4n) is 3.23. The Labute approximate surface area is 149 Å². The molecule has 1 amide bonds. The van der Waals surface area contributed by atoms with Crippen molar-refractivity contribution in [3.63, 3.8) is 0 Å². The first-order valence-electron chi connectivity index (χ1n) is 8.63. The number of carbonyl (C=O) groups excluding carboxylic acids is 1. The summed E-state index contributed by atoms with van der Waals surface area (Å²) < 4.78 is 38.5. The van der Waals surface area contributed by atoms with E-state index in [1.54, 1.807) is 0 Å². The van der Waals surface area contributed by atoms with Crippen LogP contribution in [0, 0.1) is 0 Å². The summed E-state index contributed by atoms with van der Waals surface area (Å²) in [4.78, 5) is 15.5. The highest BCUT2D eigenvalue weighted by molar-refractivity contribution is 5.76. The van der Waals surface area contributed by atoms with E-state index in [0.29, 0.717) is 6.54 Å². The normalized spacial score (nSPS) is 18.2. The van der Waals surface area contributed by atoms with Crippen LogP contribution in [0.5, 0.6) is 0 Å². The monoisotopic (exact) mass is 367 g/mol. The van der Waals surface area contributed by atoms with E-state index in [2.05, 4.69) is 22.3 Å². The molecule has 0 unspecified atom stereocenters. The van der Waals surface area contributed by atoms with Gasteiger partial charge in [0, 0.05) is 18.2 Å². The predicted octanol–water partition coefficient (Wildman–Crippen LogP) is 3.15. The van der Waals surface area contributed by atoms with Gasteiger partial charge >= 0.3 is 6.18 Å². The van der Waals surface area contributed by atoms with Crippen molar-refractivity contribution in [1.82, 2.24) is 25.1 Å². The molecule has 1 aliphatic rings. The summed E-state index contributed by atoms with van der Waals surface area (Å²) in [5, 5.41) is 11.7. The van der Waals surface area contributed by atoms with Crippen LogP contribution in [0.4, 0.5) is 13.2 Å². The van der Waals surface area contributed by atoms with Crippen molar-refractivity contribution in [2.24, 2.45) is 0 Å². The second-order valence-electron chi connectivity index (χ2n) is 6.37. The fraction of sp³-hybridized carbons (Fsp3) is 0.529. The van der Waals surface area contributed by atoms with E-state index >= 15 is 0 Å². The number of benzene rings is 1. The van der Waals surface area contributed by atoms with Gasteiger partial charge in [-0.1, -0.05) is 19.1 Å². The summed E-state index contributed by atoms with van der Waals surface area (Å²) in [6.45, 7) is 2.70. The van der Waals surface area contributed by atoms with Crippen LogP contribution < -0.4 is 0 Å². The maximum Gasteiger partial charge on any atom is 0.416 e. The van der Waals surface area contributed by atoms with Gasteiger partial charge in [-0.3, -0.25) is 4.79 Å². The largest absolute Gasteiger partial charge is 0.416 e. The Kier molecular flexibility index (Phi) is 5.24. The lowest BCUT2D eigenvalue weighted by Crippen LogP contribution is -2.45. The van der Waals surface area contributed by atoms with Gasteiger partial charge in [-0.05, 0) is 43.0 Å². The van der Waals surface area contributed by atoms with Crippen LogP contribution in [0.3, 0.4) is 0 Å². The average molecular weight is 367 g/mol. The molecule has 3 rings (SSSR count). The number of hydrogen-bond acceptors (Lipinski definition) is 4. The number of hydrogen-bond donors (Lipinski definition) is 0. The number of alkyl halides is 3.